The fourth-order valence-electron chi connectivity index (χ4n) is 5.46. The number of carboxylic acid groups (broad SMARTS) is 1. The molecule has 2 rings (SSSR count). The monoisotopic (exact) mass is 304 g/mol. The lowest BCUT2D eigenvalue weighted by atomic mass is 9.47. The van der Waals surface area contributed by atoms with Crippen molar-refractivity contribution in [3.05, 3.63) is 23.8 Å². The van der Waals surface area contributed by atoms with E-state index >= 15 is 0 Å². The van der Waals surface area contributed by atoms with Gasteiger partial charge in [-0.05, 0) is 68.1 Å². The van der Waals surface area contributed by atoms with Crippen LogP contribution < -0.4 is 0 Å². The molecule has 0 amide bonds. The maximum absolute atomic E-state index is 10.8. The van der Waals surface area contributed by atoms with Crippen LogP contribution in [0.3, 0.4) is 0 Å². The molecule has 0 bridgehead atoms. The first kappa shape index (κ1) is 17.3. The number of allylic oxidation sites excluding steroid dienone is 2. The van der Waals surface area contributed by atoms with Gasteiger partial charge < -0.3 is 5.11 Å². The molecule has 1 N–H and O–H groups in total. The van der Waals surface area contributed by atoms with E-state index in [-0.39, 0.29) is 0 Å². The summed E-state index contributed by atoms with van der Waals surface area (Å²) in [5.74, 6) is 0.485. The number of carboxylic acids is 1. The van der Waals surface area contributed by atoms with Crippen molar-refractivity contribution in [1.82, 2.24) is 0 Å². The van der Waals surface area contributed by atoms with Crippen molar-refractivity contribution < 1.29 is 9.90 Å². The molecule has 0 heterocycles. The normalized spacial score (nSPS) is 35.1. The Balaban J connectivity index is 2.17. The van der Waals surface area contributed by atoms with Gasteiger partial charge in [-0.3, -0.25) is 0 Å². The Hall–Kier alpha value is -1.05. The first-order valence-electron chi connectivity index (χ1n) is 8.74. The van der Waals surface area contributed by atoms with E-state index in [0.717, 1.165) is 30.8 Å². The molecule has 2 aliphatic rings. The summed E-state index contributed by atoms with van der Waals surface area (Å²) < 4.78 is 0. The van der Waals surface area contributed by atoms with Crippen LogP contribution in [0, 0.1) is 22.7 Å². The fraction of sp³-hybridized carbons (Fsp3) is 0.750. The van der Waals surface area contributed by atoms with Gasteiger partial charge in [-0.1, -0.05) is 44.9 Å². The predicted octanol–water partition coefficient (Wildman–Crippen LogP) is 5.60. The van der Waals surface area contributed by atoms with Gasteiger partial charge in [-0.15, -0.1) is 0 Å². The van der Waals surface area contributed by atoms with E-state index in [1.165, 1.54) is 37.3 Å². The summed E-state index contributed by atoms with van der Waals surface area (Å²) in [5, 5.41) is 8.89. The second-order valence-corrected chi connectivity index (χ2v) is 8.52. The number of aliphatic carboxylic acids is 1. The van der Waals surface area contributed by atoms with Gasteiger partial charge in [0.25, 0.3) is 0 Å². The van der Waals surface area contributed by atoms with E-state index in [1.807, 2.05) is 6.92 Å². The van der Waals surface area contributed by atoms with E-state index in [4.69, 9.17) is 5.11 Å². The van der Waals surface area contributed by atoms with E-state index in [1.54, 1.807) is 0 Å². The van der Waals surface area contributed by atoms with Gasteiger partial charge in [0.2, 0.25) is 0 Å². The van der Waals surface area contributed by atoms with Crippen molar-refractivity contribution in [3.8, 4) is 0 Å². The van der Waals surface area contributed by atoms with Gasteiger partial charge in [-0.2, -0.15) is 0 Å². The Morgan fingerprint density at radius 1 is 1.36 bits per heavy atom. The molecule has 0 saturated heterocycles. The van der Waals surface area contributed by atoms with Crippen molar-refractivity contribution in [2.24, 2.45) is 22.7 Å². The lowest BCUT2D eigenvalue weighted by molar-refractivity contribution is -0.131. The first-order chi connectivity index (χ1) is 10.2. The third-order valence-corrected chi connectivity index (χ3v) is 6.52. The highest BCUT2D eigenvalue weighted by Gasteiger charge is 2.52. The van der Waals surface area contributed by atoms with Crippen molar-refractivity contribution in [3.63, 3.8) is 0 Å². The zero-order valence-electron chi connectivity index (χ0n) is 14.7. The molecule has 2 nitrogen and oxygen atoms in total. The summed E-state index contributed by atoms with van der Waals surface area (Å²) in [6.45, 7) is 13.7. The molecule has 3 unspecified atom stereocenters. The highest BCUT2D eigenvalue weighted by atomic mass is 16.4. The first-order valence-corrected chi connectivity index (χ1v) is 8.74. The molecule has 22 heavy (non-hydrogen) atoms. The third kappa shape index (κ3) is 3.31. The summed E-state index contributed by atoms with van der Waals surface area (Å²) in [7, 11) is 0. The maximum Gasteiger partial charge on any atom is 0.328 e. The molecular formula is C20H32O2. The molecule has 124 valence electrons. The van der Waals surface area contributed by atoms with E-state index in [2.05, 4.69) is 27.4 Å². The topological polar surface area (TPSA) is 37.3 Å². The molecule has 3 atom stereocenters. The minimum absolute atomic E-state index is 0.348. The summed E-state index contributed by atoms with van der Waals surface area (Å²) in [6.07, 6.45) is 9.66. The smallest absolute Gasteiger partial charge is 0.328 e. The van der Waals surface area contributed by atoms with Crippen LogP contribution in [0.5, 0.6) is 0 Å². The number of rotatable bonds is 4. The quantitative estimate of drug-likeness (QED) is 0.542. The van der Waals surface area contributed by atoms with Gasteiger partial charge >= 0.3 is 5.97 Å². The van der Waals surface area contributed by atoms with Crippen LogP contribution in [-0.2, 0) is 4.79 Å². The predicted molar refractivity (Wildman–Crippen MR) is 91.7 cm³/mol. The van der Waals surface area contributed by atoms with E-state index < -0.39 is 5.97 Å². The van der Waals surface area contributed by atoms with Crippen LogP contribution in [0.2, 0.25) is 0 Å². The average Bonchev–Trinajstić information content (AvgIpc) is 2.35. The molecule has 2 aliphatic carbocycles. The molecule has 0 spiro atoms. The zero-order valence-corrected chi connectivity index (χ0v) is 14.7. The number of fused-ring (bicyclic) bond motifs is 1. The Morgan fingerprint density at radius 2 is 2.05 bits per heavy atom. The van der Waals surface area contributed by atoms with Crippen LogP contribution in [0.4, 0.5) is 0 Å². The average molecular weight is 304 g/mol. The fourth-order valence-corrected chi connectivity index (χ4v) is 5.46. The van der Waals surface area contributed by atoms with Crippen LogP contribution in [0.25, 0.3) is 0 Å². The van der Waals surface area contributed by atoms with E-state index in [0.29, 0.717) is 16.7 Å². The van der Waals surface area contributed by atoms with Crippen molar-refractivity contribution in [1.29, 1.82) is 0 Å². The standard InChI is InChI=1S/C20H32O2/c1-14(13-18(21)22)7-9-16-15(2)8-10-17-19(3,4)11-6-12-20(16,17)5/h13,16-17H,2,6-12H2,1,3-5H3,(H,21,22)/b14-13+. The summed E-state index contributed by atoms with van der Waals surface area (Å²) in [6, 6.07) is 0. The molecule has 2 saturated carbocycles. The zero-order chi connectivity index (χ0) is 16.5. The number of hydrogen-bond acceptors (Lipinski definition) is 1. The highest BCUT2D eigenvalue weighted by Crippen LogP contribution is 2.61. The molecule has 0 aromatic rings. The lowest BCUT2D eigenvalue weighted by Crippen LogP contribution is -2.49. The molecular weight excluding hydrogens is 272 g/mol. The van der Waals surface area contributed by atoms with Crippen LogP contribution in [0.15, 0.2) is 23.8 Å². The lowest BCUT2D eigenvalue weighted by Gasteiger charge is -2.58. The van der Waals surface area contributed by atoms with Gasteiger partial charge in [0, 0.05) is 6.08 Å². The van der Waals surface area contributed by atoms with Gasteiger partial charge in [0.15, 0.2) is 0 Å². The second-order valence-electron chi connectivity index (χ2n) is 8.52. The highest BCUT2D eigenvalue weighted by molar-refractivity contribution is 5.80. The Bertz CT molecular complexity index is 486. The Kier molecular flexibility index (Phi) is 4.89. The second kappa shape index (κ2) is 6.22. The van der Waals surface area contributed by atoms with Crippen LogP contribution in [0.1, 0.15) is 72.6 Å². The summed E-state index contributed by atoms with van der Waals surface area (Å²) >= 11 is 0. The van der Waals surface area contributed by atoms with Gasteiger partial charge in [0.05, 0.1) is 0 Å². The molecule has 2 fully saturated rings. The Labute approximate surface area is 135 Å². The summed E-state index contributed by atoms with van der Waals surface area (Å²) in [4.78, 5) is 10.8. The third-order valence-electron chi connectivity index (χ3n) is 6.52. The van der Waals surface area contributed by atoms with Crippen molar-refractivity contribution >= 4 is 5.97 Å². The molecule has 0 aliphatic heterocycles. The summed E-state index contributed by atoms with van der Waals surface area (Å²) in [5.41, 5.74) is 3.15. The molecule has 0 aromatic heterocycles. The Morgan fingerprint density at radius 3 is 2.68 bits per heavy atom. The van der Waals surface area contributed by atoms with Crippen molar-refractivity contribution in [2.45, 2.75) is 72.6 Å². The maximum atomic E-state index is 10.8. The molecule has 2 heteroatoms. The van der Waals surface area contributed by atoms with Gasteiger partial charge in [0.1, 0.15) is 0 Å². The van der Waals surface area contributed by atoms with E-state index in [9.17, 15) is 4.79 Å². The largest absolute Gasteiger partial charge is 0.478 e. The van der Waals surface area contributed by atoms with Crippen LogP contribution >= 0.6 is 0 Å². The molecule has 0 radical (unpaired) electrons. The minimum Gasteiger partial charge on any atom is -0.478 e. The SMILES string of the molecule is C=C1CCC2C(C)(C)CCCC2(C)C1CC/C(C)=C/C(=O)O. The van der Waals surface area contributed by atoms with Gasteiger partial charge in [-0.25, -0.2) is 4.79 Å². The number of carbonyl (C=O) groups is 1. The van der Waals surface area contributed by atoms with Crippen LogP contribution in [-0.4, -0.2) is 11.1 Å². The molecule has 0 aromatic carbocycles. The van der Waals surface area contributed by atoms with Crippen molar-refractivity contribution in [2.75, 3.05) is 0 Å². The minimum atomic E-state index is -0.831. The number of hydrogen-bond donors (Lipinski definition) is 1.